The molecule has 3 nitrogen and oxygen atoms in total. The second-order valence-corrected chi connectivity index (χ2v) is 12.0. The van der Waals surface area contributed by atoms with Crippen LogP contribution in [0, 0.1) is 0 Å². The number of allylic oxidation sites excluding steroid dienone is 4. The van der Waals surface area contributed by atoms with Gasteiger partial charge in [0.25, 0.3) is 0 Å². The predicted molar refractivity (Wildman–Crippen MR) is 177 cm³/mol. The first-order valence-electron chi connectivity index (χ1n) is 17.7. The molecule has 0 aromatic heterocycles. The highest BCUT2D eigenvalue weighted by Crippen LogP contribution is 2.13. The summed E-state index contributed by atoms with van der Waals surface area (Å²) in [5, 5.41) is 0. The van der Waals surface area contributed by atoms with Crippen molar-refractivity contribution < 1.29 is 9.59 Å². The van der Waals surface area contributed by atoms with Crippen LogP contribution in [0.3, 0.4) is 0 Å². The third-order valence-electron chi connectivity index (χ3n) is 8.05. The van der Waals surface area contributed by atoms with Gasteiger partial charge in [-0.2, -0.15) is 0 Å². The first-order valence-corrected chi connectivity index (χ1v) is 17.7. The number of amides is 2. The summed E-state index contributed by atoms with van der Waals surface area (Å²) in [7, 11) is 1.67. The number of unbranched alkanes of at least 4 members (excludes halogenated alkanes) is 22. The van der Waals surface area contributed by atoms with Crippen LogP contribution in [-0.4, -0.2) is 23.8 Å². The molecule has 0 aromatic rings. The zero-order valence-corrected chi connectivity index (χ0v) is 27.4. The van der Waals surface area contributed by atoms with Gasteiger partial charge < -0.3 is 0 Å². The van der Waals surface area contributed by atoms with E-state index in [1.807, 2.05) is 0 Å². The molecule has 40 heavy (non-hydrogen) atoms. The highest BCUT2D eigenvalue weighted by Gasteiger charge is 2.15. The van der Waals surface area contributed by atoms with Crippen LogP contribution < -0.4 is 0 Å². The largest absolute Gasteiger partial charge is 0.286 e. The Labute approximate surface area is 251 Å². The fourth-order valence-electron chi connectivity index (χ4n) is 5.17. The molecule has 0 spiro atoms. The molecule has 0 N–H and O–H groups in total. The van der Waals surface area contributed by atoms with Gasteiger partial charge in [-0.3, -0.25) is 14.5 Å². The van der Waals surface area contributed by atoms with E-state index in [0.29, 0.717) is 12.8 Å². The number of nitrogens with zero attached hydrogens (tertiary/aromatic N) is 1. The van der Waals surface area contributed by atoms with Gasteiger partial charge >= 0.3 is 0 Å². The van der Waals surface area contributed by atoms with Crippen LogP contribution in [0.15, 0.2) is 24.3 Å². The Hall–Kier alpha value is -1.38. The molecule has 0 aliphatic rings. The Bertz CT molecular complexity index is 557. The lowest BCUT2D eigenvalue weighted by molar-refractivity contribution is -0.143. The Morgan fingerprint density at radius 2 is 0.650 bits per heavy atom. The number of hydrogen-bond donors (Lipinski definition) is 0. The van der Waals surface area contributed by atoms with Gasteiger partial charge in [-0.15, -0.1) is 0 Å². The summed E-state index contributed by atoms with van der Waals surface area (Å²) in [4.78, 5) is 26.1. The van der Waals surface area contributed by atoms with E-state index >= 15 is 0 Å². The van der Waals surface area contributed by atoms with Crippen LogP contribution in [0.25, 0.3) is 0 Å². The fraction of sp³-hybridized carbons (Fsp3) is 0.838. The van der Waals surface area contributed by atoms with E-state index in [2.05, 4.69) is 38.2 Å². The number of hydrogen-bond acceptors (Lipinski definition) is 2. The van der Waals surface area contributed by atoms with Crippen molar-refractivity contribution in [3.63, 3.8) is 0 Å². The topological polar surface area (TPSA) is 37.4 Å². The van der Waals surface area contributed by atoms with Gasteiger partial charge in [-0.05, 0) is 64.2 Å². The Balaban J connectivity index is 3.51. The van der Waals surface area contributed by atoms with Gasteiger partial charge in [0.2, 0.25) is 11.8 Å². The number of carbonyl (C=O) groups excluding carboxylic acids is 2. The lowest BCUT2D eigenvalue weighted by Gasteiger charge is -2.15. The standard InChI is InChI=1S/C37H69NO2/c1-4-6-8-10-12-14-16-18-20-22-24-26-28-30-32-34-36(39)38(3)37(40)35-33-31-29-27-25-23-21-19-17-15-13-11-9-7-5-2/h18-21H,4-17,22-35H2,1-3H3/b20-18-,21-19-. The Morgan fingerprint density at radius 3 is 0.950 bits per heavy atom. The second-order valence-electron chi connectivity index (χ2n) is 12.0. The Morgan fingerprint density at radius 1 is 0.400 bits per heavy atom. The molecule has 3 heteroatoms. The van der Waals surface area contributed by atoms with Crippen LogP contribution in [0.4, 0.5) is 0 Å². The average Bonchev–Trinajstić information content (AvgIpc) is 2.96. The van der Waals surface area contributed by atoms with Crippen molar-refractivity contribution in [2.45, 2.75) is 194 Å². The molecule has 0 radical (unpaired) electrons. The maximum absolute atomic E-state index is 12.4. The van der Waals surface area contributed by atoms with Crippen LogP contribution in [-0.2, 0) is 9.59 Å². The van der Waals surface area contributed by atoms with Gasteiger partial charge in [0.15, 0.2) is 0 Å². The molecule has 0 aliphatic carbocycles. The summed E-state index contributed by atoms with van der Waals surface area (Å²) in [6.07, 6.45) is 43.0. The molecule has 0 fully saturated rings. The summed E-state index contributed by atoms with van der Waals surface area (Å²) in [6.45, 7) is 4.54. The molecular weight excluding hydrogens is 490 g/mol. The summed E-state index contributed by atoms with van der Waals surface area (Å²) in [5.74, 6) is -0.00857. The highest BCUT2D eigenvalue weighted by molar-refractivity contribution is 5.94. The average molecular weight is 560 g/mol. The lowest BCUT2D eigenvalue weighted by Crippen LogP contribution is -2.32. The molecule has 0 rings (SSSR count). The molecular formula is C37H69NO2. The number of carbonyl (C=O) groups is 2. The molecule has 0 saturated carbocycles. The first kappa shape index (κ1) is 38.6. The highest BCUT2D eigenvalue weighted by atomic mass is 16.2. The maximum Gasteiger partial charge on any atom is 0.228 e. The SMILES string of the molecule is CCCCCCCC/C=C\CCCCCCCC(=O)N(C)C(=O)CCCCCCC/C=C\CCCCCCCC. The minimum Gasteiger partial charge on any atom is -0.286 e. The van der Waals surface area contributed by atoms with Crippen molar-refractivity contribution in [1.29, 1.82) is 0 Å². The summed E-state index contributed by atoms with van der Waals surface area (Å²) >= 11 is 0. The smallest absolute Gasteiger partial charge is 0.228 e. The van der Waals surface area contributed by atoms with E-state index in [1.165, 1.54) is 146 Å². The van der Waals surface area contributed by atoms with Crippen molar-refractivity contribution in [3.8, 4) is 0 Å². The van der Waals surface area contributed by atoms with E-state index in [-0.39, 0.29) is 11.8 Å². The minimum absolute atomic E-state index is 0.00428. The van der Waals surface area contributed by atoms with Gasteiger partial charge in [0, 0.05) is 19.9 Å². The first-order chi connectivity index (χ1) is 19.6. The van der Waals surface area contributed by atoms with E-state index in [0.717, 1.165) is 25.7 Å². The van der Waals surface area contributed by atoms with Gasteiger partial charge in [-0.1, -0.05) is 141 Å². The van der Waals surface area contributed by atoms with Crippen molar-refractivity contribution in [1.82, 2.24) is 4.90 Å². The molecule has 0 aliphatic heterocycles. The van der Waals surface area contributed by atoms with Gasteiger partial charge in [-0.25, -0.2) is 0 Å². The summed E-state index contributed by atoms with van der Waals surface area (Å²) in [5.41, 5.74) is 0. The Kier molecular flexibility index (Phi) is 31.0. The van der Waals surface area contributed by atoms with E-state index in [9.17, 15) is 9.59 Å². The summed E-state index contributed by atoms with van der Waals surface area (Å²) in [6, 6.07) is 0. The van der Waals surface area contributed by atoms with Crippen LogP contribution >= 0.6 is 0 Å². The summed E-state index contributed by atoms with van der Waals surface area (Å²) < 4.78 is 0. The van der Waals surface area contributed by atoms with E-state index in [4.69, 9.17) is 0 Å². The molecule has 0 aromatic carbocycles. The van der Waals surface area contributed by atoms with Crippen molar-refractivity contribution in [3.05, 3.63) is 24.3 Å². The molecule has 0 bridgehead atoms. The van der Waals surface area contributed by atoms with E-state index < -0.39 is 0 Å². The molecule has 0 saturated heterocycles. The van der Waals surface area contributed by atoms with Gasteiger partial charge in [0.1, 0.15) is 0 Å². The molecule has 2 amide bonds. The van der Waals surface area contributed by atoms with Crippen LogP contribution in [0.2, 0.25) is 0 Å². The second kappa shape index (κ2) is 32.1. The third-order valence-corrected chi connectivity index (χ3v) is 8.05. The molecule has 0 heterocycles. The molecule has 0 atom stereocenters. The molecule has 234 valence electrons. The zero-order valence-electron chi connectivity index (χ0n) is 27.4. The molecule has 0 unspecified atom stereocenters. The monoisotopic (exact) mass is 560 g/mol. The third kappa shape index (κ3) is 28.2. The minimum atomic E-state index is -0.00428. The normalized spacial score (nSPS) is 11.7. The van der Waals surface area contributed by atoms with Crippen LogP contribution in [0.5, 0.6) is 0 Å². The van der Waals surface area contributed by atoms with Crippen molar-refractivity contribution >= 4 is 11.8 Å². The fourth-order valence-corrected chi connectivity index (χ4v) is 5.17. The lowest BCUT2D eigenvalue weighted by atomic mass is 10.1. The van der Waals surface area contributed by atoms with Gasteiger partial charge in [0.05, 0.1) is 0 Å². The number of imide groups is 1. The zero-order chi connectivity index (χ0) is 29.4. The van der Waals surface area contributed by atoms with Crippen molar-refractivity contribution in [2.75, 3.05) is 7.05 Å². The van der Waals surface area contributed by atoms with Crippen molar-refractivity contribution in [2.24, 2.45) is 0 Å². The maximum atomic E-state index is 12.4. The predicted octanol–water partition coefficient (Wildman–Crippen LogP) is 12.0. The quantitative estimate of drug-likeness (QED) is 0.0648. The van der Waals surface area contributed by atoms with Crippen LogP contribution in [0.1, 0.15) is 194 Å². The van der Waals surface area contributed by atoms with E-state index in [1.54, 1.807) is 7.05 Å². The number of rotatable bonds is 30.